The minimum Gasteiger partial charge on any atom is -0.328 e. The predicted octanol–water partition coefficient (Wildman–Crippen LogP) is 2.72. The van der Waals surface area contributed by atoms with Gasteiger partial charge >= 0.3 is 0 Å². The molecular formula is C15H19F2N3. The van der Waals surface area contributed by atoms with Crippen LogP contribution in [0.1, 0.15) is 29.4 Å². The molecule has 20 heavy (non-hydrogen) atoms. The summed E-state index contributed by atoms with van der Waals surface area (Å²) < 4.78 is 28.6. The molecule has 0 aliphatic heterocycles. The van der Waals surface area contributed by atoms with E-state index in [1.165, 1.54) is 6.07 Å². The fourth-order valence-electron chi connectivity index (χ4n) is 2.34. The molecular weight excluding hydrogens is 260 g/mol. The standard InChI is InChI=1S/C15H19F2N3/c1-9(18)7-13-10(2)19-20(11(13)3)8-12-5-4-6-14(16)15(12)17/h4-6,9H,7-8,18H2,1-3H3. The molecule has 0 amide bonds. The predicted molar refractivity (Wildman–Crippen MR) is 74.5 cm³/mol. The van der Waals surface area contributed by atoms with E-state index in [1.54, 1.807) is 10.7 Å². The van der Waals surface area contributed by atoms with Crippen molar-refractivity contribution in [2.75, 3.05) is 0 Å². The monoisotopic (exact) mass is 279 g/mol. The Hall–Kier alpha value is -1.75. The number of aryl methyl sites for hydroxylation is 1. The number of aromatic nitrogens is 2. The number of halogens is 2. The van der Waals surface area contributed by atoms with Crippen molar-refractivity contribution >= 4 is 0 Å². The molecule has 2 aromatic rings. The van der Waals surface area contributed by atoms with Gasteiger partial charge in [-0.15, -0.1) is 0 Å². The van der Waals surface area contributed by atoms with Gasteiger partial charge in [0.2, 0.25) is 0 Å². The van der Waals surface area contributed by atoms with Gasteiger partial charge in [0.05, 0.1) is 12.2 Å². The van der Waals surface area contributed by atoms with Crippen molar-refractivity contribution in [1.29, 1.82) is 0 Å². The van der Waals surface area contributed by atoms with Crippen LogP contribution in [0.4, 0.5) is 8.78 Å². The normalized spacial score (nSPS) is 12.7. The summed E-state index contributed by atoms with van der Waals surface area (Å²) in [5.74, 6) is -1.64. The molecule has 3 nitrogen and oxygen atoms in total. The zero-order valence-corrected chi connectivity index (χ0v) is 12.0. The number of hydrogen-bond donors (Lipinski definition) is 1. The first-order valence-corrected chi connectivity index (χ1v) is 6.61. The highest BCUT2D eigenvalue weighted by Gasteiger charge is 2.15. The fraction of sp³-hybridized carbons (Fsp3) is 0.400. The number of hydrogen-bond acceptors (Lipinski definition) is 2. The van der Waals surface area contributed by atoms with Gasteiger partial charge in [0.25, 0.3) is 0 Å². The maximum atomic E-state index is 13.7. The molecule has 2 N–H and O–H groups in total. The van der Waals surface area contributed by atoms with E-state index in [9.17, 15) is 8.78 Å². The quantitative estimate of drug-likeness (QED) is 0.935. The number of nitrogens with zero attached hydrogens (tertiary/aromatic N) is 2. The number of rotatable bonds is 4. The first-order valence-electron chi connectivity index (χ1n) is 6.61. The Morgan fingerprint density at radius 2 is 2.00 bits per heavy atom. The summed E-state index contributed by atoms with van der Waals surface area (Å²) in [7, 11) is 0. The molecule has 0 aliphatic carbocycles. The molecule has 1 aromatic heterocycles. The highest BCUT2D eigenvalue weighted by atomic mass is 19.2. The molecule has 1 unspecified atom stereocenters. The van der Waals surface area contributed by atoms with Crippen LogP contribution in [0.25, 0.3) is 0 Å². The zero-order valence-electron chi connectivity index (χ0n) is 12.0. The molecule has 1 aromatic carbocycles. The zero-order chi connectivity index (χ0) is 14.9. The van der Waals surface area contributed by atoms with Crippen molar-refractivity contribution in [1.82, 2.24) is 9.78 Å². The number of nitrogens with two attached hydrogens (primary N) is 1. The van der Waals surface area contributed by atoms with Crippen LogP contribution in [0.3, 0.4) is 0 Å². The van der Waals surface area contributed by atoms with Crippen LogP contribution >= 0.6 is 0 Å². The molecule has 0 fully saturated rings. The number of benzene rings is 1. The summed E-state index contributed by atoms with van der Waals surface area (Å²) in [5, 5.41) is 4.40. The van der Waals surface area contributed by atoms with Gasteiger partial charge in [0.15, 0.2) is 11.6 Å². The summed E-state index contributed by atoms with van der Waals surface area (Å²) in [5.41, 5.74) is 9.03. The minimum absolute atomic E-state index is 0.0379. The average molecular weight is 279 g/mol. The van der Waals surface area contributed by atoms with E-state index >= 15 is 0 Å². The van der Waals surface area contributed by atoms with Gasteiger partial charge < -0.3 is 5.73 Å². The van der Waals surface area contributed by atoms with Crippen molar-refractivity contribution < 1.29 is 8.78 Å². The van der Waals surface area contributed by atoms with Crippen LogP contribution in [0, 0.1) is 25.5 Å². The average Bonchev–Trinajstić information content (AvgIpc) is 2.62. The molecule has 1 atom stereocenters. The van der Waals surface area contributed by atoms with Gasteiger partial charge in [0, 0.05) is 17.3 Å². The second-order valence-corrected chi connectivity index (χ2v) is 5.20. The Balaban J connectivity index is 2.33. The minimum atomic E-state index is -0.833. The Labute approximate surface area is 117 Å². The second kappa shape index (κ2) is 5.71. The Bertz CT molecular complexity index is 618. The van der Waals surface area contributed by atoms with E-state index in [-0.39, 0.29) is 12.6 Å². The second-order valence-electron chi connectivity index (χ2n) is 5.20. The van der Waals surface area contributed by atoms with Crippen molar-refractivity contribution in [3.8, 4) is 0 Å². The van der Waals surface area contributed by atoms with Crippen molar-refractivity contribution in [2.45, 2.75) is 39.8 Å². The van der Waals surface area contributed by atoms with E-state index in [0.717, 1.165) is 29.4 Å². The van der Waals surface area contributed by atoms with Crippen LogP contribution in [0.2, 0.25) is 0 Å². The van der Waals surface area contributed by atoms with Crippen LogP contribution in [-0.2, 0) is 13.0 Å². The summed E-state index contributed by atoms with van der Waals surface area (Å²) in [4.78, 5) is 0. The van der Waals surface area contributed by atoms with Crippen LogP contribution < -0.4 is 5.73 Å². The topological polar surface area (TPSA) is 43.8 Å². The summed E-state index contributed by atoms with van der Waals surface area (Å²) in [6, 6.07) is 4.22. The fourth-order valence-corrected chi connectivity index (χ4v) is 2.34. The lowest BCUT2D eigenvalue weighted by Gasteiger charge is -2.08. The summed E-state index contributed by atoms with van der Waals surface area (Å²) in [6.07, 6.45) is 0.725. The van der Waals surface area contributed by atoms with Crippen LogP contribution in [0.5, 0.6) is 0 Å². The van der Waals surface area contributed by atoms with Crippen LogP contribution in [-0.4, -0.2) is 15.8 Å². The van der Waals surface area contributed by atoms with Crippen molar-refractivity contribution in [2.24, 2.45) is 5.73 Å². The van der Waals surface area contributed by atoms with E-state index in [4.69, 9.17) is 5.73 Å². The lowest BCUT2D eigenvalue weighted by Crippen LogP contribution is -2.18. The maximum absolute atomic E-state index is 13.7. The van der Waals surface area contributed by atoms with E-state index in [2.05, 4.69) is 5.10 Å². The van der Waals surface area contributed by atoms with Gasteiger partial charge in [-0.05, 0) is 38.8 Å². The third kappa shape index (κ3) is 2.88. The first-order chi connectivity index (χ1) is 9.40. The first kappa shape index (κ1) is 14.7. The smallest absolute Gasteiger partial charge is 0.163 e. The van der Waals surface area contributed by atoms with Crippen LogP contribution in [0.15, 0.2) is 18.2 Å². The van der Waals surface area contributed by atoms with E-state index in [1.807, 2.05) is 20.8 Å². The SMILES string of the molecule is Cc1nn(Cc2cccc(F)c2F)c(C)c1CC(C)N. The molecule has 1 heterocycles. The summed E-state index contributed by atoms with van der Waals surface area (Å²) in [6.45, 7) is 5.98. The van der Waals surface area contributed by atoms with Gasteiger partial charge in [0.1, 0.15) is 0 Å². The highest BCUT2D eigenvalue weighted by Crippen LogP contribution is 2.18. The van der Waals surface area contributed by atoms with Crippen molar-refractivity contribution in [3.05, 3.63) is 52.3 Å². The Morgan fingerprint density at radius 1 is 1.30 bits per heavy atom. The molecule has 0 radical (unpaired) electrons. The third-order valence-electron chi connectivity index (χ3n) is 3.41. The molecule has 0 saturated heterocycles. The van der Waals surface area contributed by atoms with Gasteiger partial charge in [-0.25, -0.2) is 8.78 Å². The van der Waals surface area contributed by atoms with Crippen molar-refractivity contribution in [3.63, 3.8) is 0 Å². The van der Waals surface area contributed by atoms with E-state index in [0.29, 0.717) is 5.56 Å². The highest BCUT2D eigenvalue weighted by molar-refractivity contribution is 5.27. The van der Waals surface area contributed by atoms with Gasteiger partial charge in [-0.3, -0.25) is 4.68 Å². The summed E-state index contributed by atoms with van der Waals surface area (Å²) >= 11 is 0. The Kier molecular flexibility index (Phi) is 4.18. The lowest BCUT2D eigenvalue weighted by atomic mass is 10.1. The molecule has 0 spiro atoms. The molecule has 108 valence electrons. The third-order valence-corrected chi connectivity index (χ3v) is 3.41. The lowest BCUT2D eigenvalue weighted by molar-refractivity contribution is 0.490. The maximum Gasteiger partial charge on any atom is 0.163 e. The Morgan fingerprint density at radius 3 is 2.65 bits per heavy atom. The molecule has 5 heteroatoms. The largest absolute Gasteiger partial charge is 0.328 e. The molecule has 0 bridgehead atoms. The molecule has 0 saturated carbocycles. The van der Waals surface area contributed by atoms with Gasteiger partial charge in [-0.1, -0.05) is 12.1 Å². The molecule has 2 rings (SSSR count). The molecule has 0 aliphatic rings. The van der Waals surface area contributed by atoms with Gasteiger partial charge in [-0.2, -0.15) is 5.10 Å². The van der Waals surface area contributed by atoms with E-state index < -0.39 is 11.6 Å².